The molecule has 17 heavy (non-hydrogen) atoms. The highest BCUT2D eigenvalue weighted by molar-refractivity contribution is 5.79. The molecule has 0 aliphatic heterocycles. The fraction of sp³-hybridized carbons (Fsp3) is 0.833. The lowest BCUT2D eigenvalue weighted by Gasteiger charge is -2.35. The van der Waals surface area contributed by atoms with E-state index >= 15 is 0 Å². The van der Waals surface area contributed by atoms with Gasteiger partial charge in [-0.2, -0.15) is 0 Å². The number of amides is 1. The smallest absolute Gasteiger partial charge is 0.317 e. The summed E-state index contributed by atoms with van der Waals surface area (Å²) in [5.74, 6) is -0.932. The van der Waals surface area contributed by atoms with Gasteiger partial charge in [-0.25, -0.2) is 0 Å². The third kappa shape index (κ3) is 5.68. The van der Waals surface area contributed by atoms with Crippen molar-refractivity contribution in [3.8, 4) is 0 Å². The van der Waals surface area contributed by atoms with Crippen LogP contribution in [-0.2, 0) is 9.59 Å². The minimum Gasteiger partial charge on any atom is -0.480 e. The van der Waals surface area contributed by atoms with E-state index in [1.807, 2.05) is 34.6 Å². The Labute approximate surface area is 103 Å². The quantitative estimate of drug-likeness (QED) is 0.758. The van der Waals surface area contributed by atoms with E-state index in [1.165, 1.54) is 0 Å². The van der Waals surface area contributed by atoms with Crippen LogP contribution in [0.4, 0.5) is 0 Å². The molecule has 0 aromatic rings. The highest BCUT2D eigenvalue weighted by Gasteiger charge is 2.26. The van der Waals surface area contributed by atoms with E-state index in [0.29, 0.717) is 13.1 Å². The minimum atomic E-state index is -0.910. The van der Waals surface area contributed by atoms with E-state index in [-0.39, 0.29) is 24.5 Å². The Morgan fingerprint density at radius 2 is 1.53 bits per heavy atom. The topological polar surface area (TPSA) is 60.9 Å². The molecule has 0 heterocycles. The Morgan fingerprint density at radius 3 is 1.82 bits per heavy atom. The number of hydrogen-bond acceptors (Lipinski definition) is 3. The second-order valence-electron chi connectivity index (χ2n) is 4.99. The SMILES string of the molecule is CCN(CC)C(=O)CN(CC(=O)O)C(C)(C)C. The Bertz CT molecular complexity index is 267. The lowest BCUT2D eigenvalue weighted by molar-refractivity contribution is -0.141. The summed E-state index contributed by atoms with van der Waals surface area (Å²) in [7, 11) is 0. The number of hydrogen-bond donors (Lipinski definition) is 1. The Hall–Kier alpha value is -1.10. The van der Waals surface area contributed by atoms with Crippen molar-refractivity contribution >= 4 is 11.9 Å². The van der Waals surface area contributed by atoms with Gasteiger partial charge in [0.2, 0.25) is 5.91 Å². The van der Waals surface area contributed by atoms with Gasteiger partial charge >= 0.3 is 5.97 Å². The third-order valence-electron chi connectivity index (χ3n) is 2.72. The van der Waals surface area contributed by atoms with Gasteiger partial charge in [-0.1, -0.05) is 0 Å². The van der Waals surface area contributed by atoms with Crippen LogP contribution in [0.3, 0.4) is 0 Å². The standard InChI is InChI=1S/C12H24N2O3/c1-6-13(7-2)10(15)8-14(9-11(16)17)12(3,4)5/h6-9H2,1-5H3,(H,16,17). The average Bonchev–Trinajstić information content (AvgIpc) is 2.16. The molecule has 0 aromatic heterocycles. The Morgan fingerprint density at radius 1 is 1.06 bits per heavy atom. The number of rotatable bonds is 6. The molecular weight excluding hydrogens is 220 g/mol. The molecule has 0 saturated heterocycles. The normalized spacial score (nSPS) is 11.6. The second-order valence-corrected chi connectivity index (χ2v) is 4.99. The van der Waals surface area contributed by atoms with Gasteiger partial charge in [0.15, 0.2) is 0 Å². The van der Waals surface area contributed by atoms with E-state index in [0.717, 1.165) is 0 Å². The average molecular weight is 244 g/mol. The number of likely N-dealkylation sites (N-methyl/N-ethyl adjacent to an activating group) is 1. The van der Waals surface area contributed by atoms with Gasteiger partial charge < -0.3 is 10.0 Å². The molecule has 0 fully saturated rings. The largest absolute Gasteiger partial charge is 0.480 e. The lowest BCUT2D eigenvalue weighted by Crippen LogP contribution is -2.50. The molecule has 0 spiro atoms. The van der Waals surface area contributed by atoms with Gasteiger partial charge in [0, 0.05) is 18.6 Å². The summed E-state index contributed by atoms with van der Waals surface area (Å²) < 4.78 is 0. The van der Waals surface area contributed by atoms with Crippen LogP contribution in [-0.4, -0.2) is 58.5 Å². The van der Waals surface area contributed by atoms with Gasteiger partial charge in [0.25, 0.3) is 0 Å². The molecule has 1 amide bonds. The molecule has 0 bridgehead atoms. The van der Waals surface area contributed by atoms with Crippen molar-refractivity contribution in [1.29, 1.82) is 0 Å². The van der Waals surface area contributed by atoms with Crippen LogP contribution >= 0.6 is 0 Å². The first-order chi connectivity index (χ1) is 7.72. The molecule has 0 saturated carbocycles. The van der Waals surface area contributed by atoms with Crippen LogP contribution in [0.2, 0.25) is 0 Å². The van der Waals surface area contributed by atoms with Crippen LogP contribution < -0.4 is 0 Å². The zero-order valence-electron chi connectivity index (χ0n) is 11.5. The van der Waals surface area contributed by atoms with Gasteiger partial charge in [0.05, 0.1) is 13.1 Å². The van der Waals surface area contributed by atoms with Crippen LogP contribution in [0.1, 0.15) is 34.6 Å². The molecule has 0 atom stereocenters. The molecule has 0 radical (unpaired) electrons. The molecule has 0 aromatic carbocycles. The first kappa shape index (κ1) is 15.9. The van der Waals surface area contributed by atoms with Crippen molar-refractivity contribution in [2.45, 2.75) is 40.2 Å². The number of aliphatic carboxylic acids is 1. The summed E-state index contributed by atoms with van der Waals surface area (Å²) in [6.07, 6.45) is 0. The number of nitrogens with zero attached hydrogens (tertiary/aromatic N) is 2. The van der Waals surface area contributed by atoms with Crippen LogP contribution in [0.5, 0.6) is 0 Å². The summed E-state index contributed by atoms with van der Waals surface area (Å²) in [5.41, 5.74) is -0.332. The summed E-state index contributed by atoms with van der Waals surface area (Å²) in [4.78, 5) is 26.1. The molecule has 0 aliphatic carbocycles. The molecule has 1 N–H and O–H groups in total. The van der Waals surface area contributed by atoms with Gasteiger partial charge in [-0.15, -0.1) is 0 Å². The van der Waals surface area contributed by atoms with Crippen molar-refractivity contribution in [2.24, 2.45) is 0 Å². The Kier molecular flexibility index (Phi) is 6.16. The molecule has 100 valence electrons. The number of carboxylic acid groups (broad SMARTS) is 1. The Balaban J connectivity index is 4.64. The first-order valence-corrected chi connectivity index (χ1v) is 5.97. The predicted octanol–water partition coefficient (Wildman–Crippen LogP) is 1.04. The third-order valence-corrected chi connectivity index (χ3v) is 2.72. The van der Waals surface area contributed by atoms with E-state index in [9.17, 15) is 9.59 Å². The van der Waals surface area contributed by atoms with Crippen molar-refractivity contribution in [3.63, 3.8) is 0 Å². The second kappa shape index (κ2) is 6.59. The van der Waals surface area contributed by atoms with Crippen molar-refractivity contribution < 1.29 is 14.7 Å². The van der Waals surface area contributed by atoms with Crippen LogP contribution in [0.25, 0.3) is 0 Å². The summed E-state index contributed by atoms with van der Waals surface area (Å²) in [6, 6.07) is 0. The summed E-state index contributed by atoms with van der Waals surface area (Å²) in [6.45, 7) is 10.9. The summed E-state index contributed by atoms with van der Waals surface area (Å²) in [5, 5.41) is 8.85. The zero-order valence-corrected chi connectivity index (χ0v) is 11.5. The fourth-order valence-corrected chi connectivity index (χ4v) is 1.53. The molecule has 5 heteroatoms. The first-order valence-electron chi connectivity index (χ1n) is 5.97. The van der Waals surface area contributed by atoms with Crippen LogP contribution in [0.15, 0.2) is 0 Å². The van der Waals surface area contributed by atoms with Crippen molar-refractivity contribution in [1.82, 2.24) is 9.80 Å². The monoisotopic (exact) mass is 244 g/mol. The maximum absolute atomic E-state index is 11.9. The lowest BCUT2D eigenvalue weighted by atomic mass is 10.1. The van der Waals surface area contributed by atoms with Gasteiger partial charge in [0.1, 0.15) is 0 Å². The van der Waals surface area contributed by atoms with E-state index in [2.05, 4.69) is 0 Å². The highest BCUT2D eigenvalue weighted by Crippen LogP contribution is 2.12. The highest BCUT2D eigenvalue weighted by atomic mass is 16.4. The summed E-state index contributed by atoms with van der Waals surface area (Å²) >= 11 is 0. The minimum absolute atomic E-state index is 0.0221. The van der Waals surface area contributed by atoms with Crippen molar-refractivity contribution in [2.75, 3.05) is 26.2 Å². The number of carbonyl (C=O) groups excluding carboxylic acids is 1. The molecule has 0 unspecified atom stereocenters. The molecular formula is C12H24N2O3. The van der Waals surface area contributed by atoms with Crippen molar-refractivity contribution in [3.05, 3.63) is 0 Å². The zero-order chi connectivity index (χ0) is 13.6. The number of carboxylic acids is 1. The van der Waals surface area contributed by atoms with Crippen LogP contribution in [0, 0.1) is 0 Å². The predicted molar refractivity (Wildman–Crippen MR) is 66.9 cm³/mol. The van der Waals surface area contributed by atoms with E-state index < -0.39 is 5.97 Å². The maximum Gasteiger partial charge on any atom is 0.317 e. The number of carbonyl (C=O) groups is 2. The molecule has 5 nitrogen and oxygen atoms in total. The van der Waals surface area contributed by atoms with E-state index in [4.69, 9.17) is 5.11 Å². The fourth-order valence-electron chi connectivity index (χ4n) is 1.53. The molecule has 0 aliphatic rings. The molecule has 0 rings (SSSR count). The van der Waals surface area contributed by atoms with E-state index in [1.54, 1.807) is 9.80 Å². The maximum atomic E-state index is 11.9. The van der Waals surface area contributed by atoms with Gasteiger partial charge in [-0.3, -0.25) is 14.5 Å². The van der Waals surface area contributed by atoms with Gasteiger partial charge in [-0.05, 0) is 34.6 Å².